The number of hydrogen-bond donors (Lipinski definition) is 1. The Balaban J connectivity index is 2.30. The van der Waals surface area contributed by atoms with Crippen molar-refractivity contribution in [2.45, 2.75) is 46.0 Å². The Morgan fingerprint density at radius 1 is 1.46 bits per heavy atom. The quantitative estimate of drug-likeness (QED) is 0.866. The minimum absolute atomic E-state index is 0.0765. The van der Waals surface area contributed by atoms with Gasteiger partial charge in [-0.3, -0.25) is 0 Å². The number of oxazole rings is 1. The Morgan fingerprint density at radius 3 is 2.67 bits per heavy atom. The maximum atomic E-state index is 14.8. The molecule has 1 N–H and O–H groups in total. The van der Waals surface area contributed by atoms with E-state index in [-0.39, 0.29) is 17.1 Å². The zero-order valence-corrected chi connectivity index (χ0v) is 14.8. The van der Waals surface area contributed by atoms with Gasteiger partial charge in [-0.1, -0.05) is 34.3 Å². The number of allylic oxidation sites excluding steroid dienone is 1. The number of fused-ring (bicyclic) bond motifs is 1. The SMILES string of the molecule is C=C(C)N1CC(C)(C)c2c(-c3coc(C(C)C)n3)c(F)cc(O)c21. The van der Waals surface area contributed by atoms with E-state index in [1.807, 2.05) is 39.5 Å². The maximum Gasteiger partial charge on any atom is 0.197 e. The van der Waals surface area contributed by atoms with Gasteiger partial charge in [0.15, 0.2) is 5.89 Å². The van der Waals surface area contributed by atoms with Crippen LogP contribution >= 0.6 is 0 Å². The molecule has 1 aromatic carbocycles. The topological polar surface area (TPSA) is 49.5 Å². The molecule has 0 spiro atoms. The van der Waals surface area contributed by atoms with E-state index in [2.05, 4.69) is 11.6 Å². The zero-order valence-electron chi connectivity index (χ0n) is 14.8. The monoisotopic (exact) mass is 330 g/mol. The van der Waals surface area contributed by atoms with Gasteiger partial charge >= 0.3 is 0 Å². The van der Waals surface area contributed by atoms with Gasteiger partial charge in [0.1, 0.15) is 23.5 Å². The largest absolute Gasteiger partial charge is 0.506 e. The Bertz CT molecular complexity index is 821. The second-order valence-corrected chi connectivity index (χ2v) is 7.41. The van der Waals surface area contributed by atoms with Gasteiger partial charge in [-0.05, 0) is 12.5 Å². The third-order valence-electron chi connectivity index (χ3n) is 4.46. The molecule has 1 aliphatic rings. The van der Waals surface area contributed by atoms with E-state index in [0.29, 0.717) is 29.4 Å². The molecule has 3 rings (SSSR count). The number of nitrogens with zero attached hydrogens (tertiary/aromatic N) is 2. The van der Waals surface area contributed by atoms with Crippen LogP contribution in [0, 0.1) is 5.82 Å². The number of benzene rings is 1. The molecule has 0 amide bonds. The number of anilines is 1. The standard InChI is InChI=1S/C19H23FN2O2/c1-10(2)18-21-13(8-24-18)15-12(20)7-14(23)17-16(15)19(5,6)9-22(17)11(3)4/h7-8,10,23H,3,9H2,1-2,4-6H3. The van der Waals surface area contributed by atoms with Crippen molar-refractivity contribution in [1.29, 1.82) is 0 Å². The molecule has 1 aromatic heterocycles. The van der Waals surface area contributed by atoms with E-state index in [9.17, 15) is 9.50 Å². The molecule has 128 valence electrons. The molecule has 0 radical (unpaired) electrons. The number of phenolic OH excluding ortho intramolecular Hbond substituents is 1. The number of aromatic nitrogens is 1. The van der Waals surface area contributed by atoms with Crippen molar-refractivity contribution < 1.29 is 13.9 Å². The van der Waals surface area contributed by atoms with Gasteiger partial charge < -0.3 is 14.4 Å². The van der Waals surface area contributed by atoms with Gasteiger partial charge in [0.2, 0.25) is 0 Å². The Hall–Kier alpha value is -2.30. The first-order chi connectivity index (χ1) is 11.1. The molecule has 2 heterocycles. The molecule has 1 aliphatic heterocycles. The second-order valence-electron chi connectivity index (χ2n) is 7.41. The van der Waals surface area contributed by atoms with Crippen LogP contribution < -0.4 is 4.90 Å². The third kappa shape index (κ3) is 2.39. The molecule has 4 nitrogen and oxygen atoms in total. The van der Waals surface area contributed by atoms with Crippen molar-refractivity contribution >= 4 is 5.69 Å². The Kier molecular flexibility index (Phi) is 3.70. The fraction of sp³-hybridized carbons (Fsp3) is 0.421. The second kappa shape index (κ2) is 5.36. The average Bonchev–Trinajstić information content (AvgIpc) is 3.03. The molecule has 2 aromatic rings. The van der Waals surface area contributed by atoms with Crippen LogP contribution in [0.5, 0.6) is 5.75 Å². The van der Waals surface area contributed by atoms with Gasteiger partial charge in [0.25, 0.3) is 0 Å². The fourth-order valence-electron chi connectivity index (χ4n) is 3.36. The average molecular weight is 330 g/mol. The molecule has 24 heavy (non-hydrogen) atoms. The highest BCUT2D eigenvalue weighted by molar-refractivity contribution is 5.83. The number of aromatic hydroxyl groups is 1. The summed E-state index contributed by atoms with van der Waals surface area (Å²) in [5.74, 6) is 0.115. The van der Waals surface area contributed by atoms with Gasteiger partial charge in [0.05, 0.1) is 5.69 Å². The number of phenols is 1. The summed E-state index contributed by atoms with van der Waals surface area (Å²) in [4.78, 5) is 6.38. The molecule has 0 fully saturated rings. The summed E-state index contributed by atoms with van der Waals surface area (Å²) < 4.78 is 20.3. The highest BCUT2D eigenvalue weighted by Gasteiger charge is 2.41. The van der Waals surface area contributed by atoms with E-state index in [1.54, 1.807) is 0 Å². The molecule has 0 atom stereocenters. The van der Waals surface area contributed by atoms with Crippen LogP contribution in [0.15, 0.2) is 29.0 Å². The molecule has 0 bridgehead atoms. The summed E-state index contributed by atoms with van der Waals surface area (Å²) in [6.07, 6.45) is 1.49. The van der Waals surface area contributed by atoms with Crippen LogP contribution in [0.2, 0.25) is 0 Å². The van der Waals surface area contributed by atoms with Crippen molar-refractivity contribution in [2.24, 2.45) is 0 Å². The summed E-state index contributed by atoms with van der Waals surface area (Å²) in [7, 11) is 0. The summed E-state index contributed by atoms with van der Waals surface area (Å²) in [5.41, 5.74) is 2.65. The first-order valence-corrected chi connectivity index (χ1v) is 8.08. The minimum Gasteiger partial charge on any atom is -0.506 e. The highest BCUT2D eigenvalue weighted by atomic mass is 19.1. The van der Waals surface area contributed by atoms with Crippen LogP contribution in [-0.4, -0.2) is 16.6 Å². The lowest BCUT2D eigenvalue weighted by Crippen LogP contribution is -2.27. The predicted molar refractivity (Wildman–Crippen MR) is 92.8 cm³/mol. The molecule has 0 saturated heterocycles. The number of rotatable bonds is 3. The lowest BCUT2D eigenvalue weighted by atomic mass is 9.82. The summed E-state index contributed by atoms with van der Waals surface area (Å²) in [6, 6.07) is 1.15. The molecule has 0 aliphatic carbocycles. The number of halogens is 1. The first-order valence-electron chi connectivity index (χ1n) is 8.08. The van der Waals surface area contributed by atoms with E-state index in [4.69, 9.17) is 4.42 Å². The summed E-state index contributed by atoms with van der Waals surface area (Å²) in [5, 5.41) is 10.4. The molecule has 0 unspecified atom stereocenters. The van der Waals surface area contributed by atoms with E-state index in [1.165, 1.54) is 6.26 Å². The van der Waals surface area contributed by atoms with Crippen LogP contribution in [-0.2, 0) is 5.41 Å². The fourth-order valence-corrected chi connectivity index (χ4v) is 3.36. The van der Waals surface area contributed by atoms with Crippen LogP contribution in [0.1, 0.15) is 52.0 Å². The molecule has 5 heteroatoms. The van der Waals surface area contributed by atoms with Gasteiger partial charge in [-0.15, -0.1) is 0 Å². The van der Waals surface area contributed by atoms with E-state index >= 15 is 0 Å². The van der Waals surface area contributed by atoms with Crippen molar-refractivity contribution in [3.63, 3.8) is 0 Å². The Morgan fingerprint density at radius 2 is 2.12 bits per heavy atom. The van der Waals surface area contributed by atoms with Gasteiger partial charge in [0, 0.05) is 35.2 Å². The molecular weight excluding hydrogens is 307 g/mol. The van der Waals surface area contributed by atoms with Crippen LogP contribution in [0.25, 0.3) is 11.3 Å². The van der Waals surface area contributed by atoms with Crippen molar-refractivity contribution in [3.05, 3.63) is 41.9 Å². The van der Waals surface area contributed by atoms with Crippen molar-refractivity contribution in [2.75, 3.05) is 11.4 Å². The highest BCUT2D eigenvalue weighted by Crippen LogP contribution is 2.52. The third-order valence-corrected chi connectivity index (χ3v) is 4.46. The van der Waals surface area contributed by atoms with E-state index in [0.717, 1.165) is 17.3 Å². The summed E-state index contributed by atoms with van der Waals surface area (Å²) in [6.45, 7) is 14.5. The zero-order chi connectivity index (χ0) is 17.8. The first kappa shape index (κ1) is 16.6. The van der Waals surface area contributed by atoms with Gasteiger partial charge in [-0.25, -0.2) is 9.37 Å². The van der Waals surface area contributed by atoms with Crippen molar-refractivity contribution in [3.8, 4) is 17.0 Å². The van der Waals surface area contributed by atoms with E-state index < -0.39 is 5.82 Å². The summed E-state index contributed by atoms with van der Waals surface area (Å²) >= 11 is 0. The Labute approximate surface area is 141 Å². The normalized spacial score (nSPS) is 15.9. The maximum absolute atomic E-state index is 14.8. The number of hydrogen-bond acceptors (Lipinski definition) is 4. The molecular formula is C19H23FN2O2. The molecule has 0 saturated carbocycles. The lowest BCUT2D eigenvalue weighted by molar-refractivity contribution is 0.469. The van der Waals surface area contributed by atoms with Gasteiger partial charge in [-0.2, -0.15) is 0 Å². The van der Waals surface area contributed by atoms with Crippen LogP contribution in [0.3, 0.4) is 0 Å². The lowest BCUT2D eigenvalue weighted by Gasteiger charge is -2.22. The van der Waals surface area contributed by atoms with Crippen LogP contribution in [0.4, 0.5) is 10.1 Å². The minimum atomic E-state index is -0.494. The smallest absolute Gasteiger partial charge is 0.197 e. The predicted octanol–water partition coefficient (Wildman–Crippen LogP) is 4.94. The van der Waals surface area contributed by atoms with Crippen molar-refractivity contribution in [1.82, 2.24) is 4.98 Å².